The van der Waals surface area contributed by atoms with Gasteiger partial charge in [-0.25, -0.2) is 0 Å². The number of nitrogens with one attached hydrogen (secondary N) is 1. The molecule has 4 rings (SSSR count). The molecule has 164 valence electrons. The first-order valence-electron chi connectivity index (χ1n) is 10.0. The number of aromatic nitrogens is 2. The Morgan fingerprint density at radius 3 is 2.68 bits per heavy atom. The highest BCUT2D eigenvalue weighted by molar-refractivity contribution is 5.94. The molecule has 1 aliphatic heterocycles. The first-order valence-corrected chi connectivity index (χ1v) is 10.0. The molecule has 1 aromatic heterocycles. The van der Waals surface area contributed by atoms with Crippen molar-refractivity contribution in [3.63, 3.8) is 0 Å². The number of nitrogen functional groups attached to an aromatic ring is 1. The van der Waals surface area contributed by atoms with Gasteiger partial charge in [-0.05, 0) is 62.2 Å². The predicted molar refractivity (Wildman–Crippen MR) is 112 cm³/mol. The van der Waals surface area contributed by atoms with E-state index in [2.05, 4.69) is 15.5 Å². The molecule has 0 bridgehead atoms. The van der Waals surface area contributed by atoms with Crippen LogP contribution in [0.3, 0.4) is 0 Å². The number of nitrogens with two attached hydrogens (primary N) is 1. The van der Waals surface area contributed by atoms with E-state index in [4.69, 9.17) is 15.2 Å². The van der Waals surface area contributed by atoms with Crippen LogP contribution in [-0.2, 0) is 10.9 Å². The van der Waals surface area contributed by atoms with Gasteiger partial charge in [-0.1, -0.05) is 0 Å². The molecule has 6 nitrogen and oxygen atoms in total. The number of hydrogen-bond donors (Lipinski definition) is 2. The van der Waals surface area contributed by atoms with Crippen molar-refractivity contribution in [3.8, 4) is 5.75 Å². The largest absolute Gasteiger partial charge is 0.465 e. The average molecular weight is 432 g/mol. The highest BCUT2D eigenvalue weighted by Crippen LogP contribution is 2.34. The molecule has 0 spiro atoms. The van der Waals surface area contributed by atoms with Crippen LogP contribution < -0.4 is 15.8 Å². The molecule has 31 heavy (non-hydrogen) atoms. The Hall–Kier alpha value is -3.07. The van der Waals surface area contributed by atoms with Crippen LogP contribution in [0.1, 0.15) is 42.6 Å². The maximum Gasteiger partial charge on any atom is 0.416 e. The van der Waals surface area contributed by atoms with Gasteiger partial charge in [0.2, 0.25) is 0 Å². The molecule has 0 unspecified atom stereocenters. The fraction of sp³-hybridized carbons (Fsp3) is 0.364. The van der Waals surface area contributed by atoms with Crippen LogP contribution in [0.25, 0.3) is 10.8 Å². The van der Waals surface area contributed by atoms with Gasteiger partial charge in [0.05, 0.1) is 23.9 Å². The zero-order valence-corrected chi connectivity index (χ0v) is 17.2. The number of anilines is 2. The minimum Gasteiger partial charge on any atom is -0.465 e. The average Bonchev–Trinajstić information content (AvgIpc) is 3.22. The van der Waals surface area contributed by atoms with Gasteiger partial charge >= 0.3 is 6.18 Å². The maximum absolute atomic E-state index is 13.2. The van der Waals surface area contributed by atoms with Crippen molar-refractivity contribution in [3.05, 3.63) is 53.2 Å². The summed E-state index contributed by atoms with van der Waals surface area (Å²) in [6.07, 6.45) is -2.98. The fourth-order valence-corrected chi connectivity index (χ4v) is 3.62. The van der Waals surface area contributed by atoms with E-state index < -0.39 is 17.8 Å². The van der Waals surface area contributed by atoms with Gasteiger partial charge in [0.1, 0.15) is 5.75 Å². The van der Waals surface area contributed by atoms with Crippen LogP contribution >= 0.6 is 0 Å². The molecule has 1 saturated heterocycles. The summed E-state index contributed by atoms with van der Waals surface area (Å²) in [5, 5.41) is 13.2. The van der Waals surface area contributed by atoms with Crippen LogP contribution in [0, 0.1) is 6.92 Å². The lowest BCUT2D eigenvalue weighted by Gasteiger charge is -2.19. The first kappa shape index (κ1) is 21.2. The number of aryl methyl sites for hydroxylation is 1. The third-order valence-electron chi connectivity index (χ3n) is 5.25. The number of hydrogen-bond acceptors (Lipinski definition) is 6. The monoisotopic (exact) mass is 432 g/mol. The lowest BCUT2D eigenvalue weighted by atomic mass is 10.0. The molecule has 0 radical (unpaired) electrons. The number of alkyl halides is 3. The summed E-state index contributed by atoms with van der Waals surface area (Å²) in [6.45, 7) is 4.26. The smallest absolute Gasteiger partial charge is 0.416 e. The molecule has 0 aliphatic carbocycles. The van der Waals surface area contributed by atoms with Gasteiger partial charge < -0.3 is 20.5 Å². The molecule has 2 heterocycles. The molecular weight excluding hydrogens is 409 g/mol. The van der Waals surface area contributed by atoms with E-state index >= 15 is 0 Å². The van der Waals surface area contributed by atoms with Gasteiger partial charge in [-0.2, -0.15) is 18.3 Å². The summed E-state index contributed by atoms with van der Waals surface area (Å²) >= 11 is 0. The molecular formula is C22H23F3N4O2. The standard InChI is InChI=1S/C22H23F3N4O2/c1-12(14-8-15(22(23,24)25)10-16(26)9-14)27-21-19-11-17(31-20-4-3-7-30-20)5-6-18(19)13(2)28-29-21/h5-6,8-12,20H,3-4,7,26H2,1-2H3,(H,27,29)/t12-,20+/m1/s1. The topological polar surface area (TPSA) is 82.3 Å². The summed E-state index contributed by atoms with van der Waals surface area (Å²) in [7, 11) is 0. The minimum absolute atomic E-state index is 0.0468. The highest BCUT2D eigenvalue weighted by atomic mass is 19.4. The van der Waals surface area contributed by atoms with Crippen LogP contribution in [0.2, 0.25) is 0 Å². The number of fused-ring (bicyclic) bond motifs is 1. The molecule has 2 atom stereocenters. The second-order valence-corrected chi connectivity index (χ2v) is 7.65. The van der Waals surface area contributed by atoms with Gasteiger partial charge in [0.15, 0.2) is 12.1 Å². The zero-order chi connectivity index (χ0) is 22.2. The van der Waals surface area contributed by atoms with Gasteiger partial charge in [-0.3, -0.25) is 0 Å². The predicted octanol–water partition coefficient (Wildman–Crippen LogP) is 5.23. The van der Waals surface area contributed by atoms with Crippen molar-refractivity contribution >= 4 is 22.3 Å². The van der Waals surface area contributed by atoms with E-state index in [1.807, 2.05) is 25.1 Å². The SMILES string of the molecule is Cc1nnc(N[C@H](C)c2cc(N)cc(C(F)(F)F)c2)c2cc(O[C@H]3CCCO3)ccc12. The summed E-state index contributed by atoms with van der Waals surface area (Å²) in [5.41, 5.74) is 6.10. The van der Waals surface area contributed by atoms with Crippen LogP contribution in [0.15, 0.2) is 36.4 Å². The summed E-state index contributed by atoms with van der Waals surface area (Å²) < 4.78 is 51.0. The molecule has 0 saturated carbocycles. The molecule has 0 amide bonds. The number of ether oxygens (including phenoxy) is 2. The Morgan fingerprint density at radius 2 is 1.97 bits per heavy atom. The van der Waals surface area contributed by atoms with Crippen LogP contribution in [-0.4, -0.2) is 23.1 Å². The van der Waals surface area contributed by atoms with E-state index in [0.717, 1.165) is 41.4 Å². The van der Waals surface area contributed by atoms with Gasteiger partial charge in [0, 0.05) is 22.9 Å². The Labute approximate surface area is 177 Å². The van der Waals surface area contributed by atoms with E-state index in [1.165, 1.54) is 6.07 Å². The summed E-state index contributed by atoms with van der Waals surface area (Å²) in [6, 6.07) is 8.61. The Bertz CT molecular complexity index is 1100. The van der Waals surface area contributed by atoms with E-state index in [9.17, 15) is 13.2 Å². The lowest BCUT2D eigenvalue weighted by Crippen LogP contribution is -2.14. The second-order valence-electron chi connectivity index (χ2n) is 7.65. The maximum atomic E-state index is 13.2. The summed E-state index contributed by atoms with van der Waals surface area (Å²) in [4.78, 5) is 0. The molecule has 3 aromatic rings. The molecule has 2 aromatic carbocycles. The zero-order valence-electron chi connectivity index (χ0n) is 17.2. The third-order valence-corrected chi connectivity index (χ3v) is 5.25. The highest BCUT2D eigenvalue weighted by Gasteiger charge is 2.31. The number of halogens is 3. The fourth-order valence-electron chi connectivity index (χ4n) is 3.62. The quantitative estimate of drug-likeness (QED) is 0.538. The van der Waals surface area contributed by atoms with E-state index in [0.29, 0.717) is 23.7 Å². The van der Waals surface area contributed by atoms with Crippen molar-refractivity contribution in [1.29, 1.82) is 0 Å². The molecule has 1 fully saturated rings. The van der Waals surface area contributed by atoms with Crippen molar-refractivity contribution in [2.45, 2.75) is 45.2 Å². The normalized spacial score (nSPS) is 17.6. The lowest BCUT2D eigenvalue weighted by molar-refractivity contribution is -0.137. The Kier molecular flexibility index (Phi) is 5.62. The molecule has 3 N–H and O–H groups in total. The van der Waals surface area contributed by atoms with Crippen molar-refractivity contribution in [2.24, 2.45) is 0 Å². The Balaban J connectivity index is 1.66. The molecule has 1 aliphatic rings. The summed E-state index contributed by atoms with van der Waals surface area (Å²) in [5.74, 6) is 1.08. The Morgan fingerprint density at radius 1 is 1.16 bits per heavy atom. The minimum atomic E-state index is -4.48. The van der Waals surface area contributed by atoms with Gasteiger partial charge in [-0.15, -0.1) is 5.10 Å². The third kappa shape index (κ3) is 4.66. The first-order chi connectivity index (χ1) is 14.7. The second kappa shape index (κ2) is 8.22. The van der Waals surface area contributed by atoms with Crippen LogP contribution in [0.4, 0.5) is 24.7 Å². The van der Waals surface area contributed by atoms with Crippen molar-refractivity contribution in [1.82, 2.24) is 10.2 Å². The van der Waals surface area contributed by atoms with E-state index in [1.54, 1.807) is 6.92 Å². The van der Waals surface area contributed by atoms with Crippen molar-refractivity contribution in [2.75, 3.05) is 17.7 Å². The van der Waals surface area contributed by atoms with E-state index in [-0.39, 0.29) is 12.0 Å². The van der Waals surface area contributed by atoms with Gasteiger partial charge in [0.25, 0.3) is 0 Å². The number of rotatable bonds is 5. The molecule has 9 heteroatoms. The number of nitrogens with zero attached hydrogens (tertiary/aromatic N) is 2. The van der Waals surface area contributed by atoms with Crippen molar-refractivity contribution < 1.29 is 22.6 Å². The number of benzene rings is 2. The van der Waals surface area contributed by atoms with Crippen LogP contribution in [0.5, 0.6) is 5.75 Å².